The second kappa shape index (κ2) is 10.1. The minimum Gasteiger partial charge on any atom is -0.443 e. The number of benzene rings is 2. The highest BCUT2D eigenvalue weighted by atomic mass is 19.1. The van der Waals surface area contributed by atoms with Crippen molar-refractivity contribution in [2.24, 2.45) is 5.10 Å². The lowest BCUT2D eigenvalue weighted by atomic mass is 9.96. The third-order valence-electron chi connectivity index (χ3n) is 5.86. The molecule has 2 aromatic carbocycles. The van der Waals surface area contributed by atoms with E-state index in [0.717, 1.165) is 42.5 Å². The minimum absolute atomic E-state index is 0.212. The topological polar surface area (TPSA) is 86.2 Å². The number of hydrazone groups is 1. The lowest BCUT2D eigenvalue weighted by Crippen LogP contribution is -2.48. The number of nitrogens with one attached hydrogen (secondary N) is 2. The normalized spacial score (nSPS) is 22.1. The SMILES string of the molecule is O=C(NO)N1N=C(c2cc(F)ccc2F)OC1(CCCNC1CC=CCC1)c1ccccc1. The smallest absolute Gasteiger partial charge is 0.365 e. The first-order valence-electron chi connectivity index (χ1n) is 10.9. The number of hydrogen-bond donors (Lipinski definition) is 3. The number of hydroxylamine groups is 1. The number of allylic oxidation sites excluding steroid dienone is 1. The molecule has 0 aromatic heterocycles. The first kappa shape index (κ1) is 22.9. The van der Waals surface area contributed by atoms with Crippen LogP contribution >= 0.6 is 0 Å². The van der Waals surface area contributed by atoms with E-state index < -0.39 is 23.4 Å². The lowest BCUT2D eigenvalue weighted by Gasteiger charge is -2.35. The van der Waals surface area contributed by atoms with Gasteiger partial charge in [-0.1, -0.05) is 42.5 Å². The Hall–Kier alpha value is -3.30. The standard InChI is InChI=1S/C24H26F2N4O3/c25-18-12-13-21(26)20(16-18)22-28-30(23(31)29-32)24(33-22,17-8-3-1-4-9-17)14-7-15-27-19-10-5-2-6-11-19/h1-5,8-9,12-13,16,19,27,32H,6-7,10-11,14-15H2,(H,29,31). The maximum Gasteiger partial charge on any atom is 0.365 e. The van der Waals surface area contributed by atoms with Crippen LogP contribution in [-0.4, -0.2) is 34.7 Å². The van der Waals surface area contributed by atoms with E-state index in [1.54, 1.807) is 29.7 Å². The molecule has 0 spiro atoms. The van der Waals surface area contributed by atoms with Gasteiger partial charge >= 0.3 is 6.03 Å². The van der Waals surface area contributed by atoms with E-state index in [9.17, 15) is 18.8 Å². The van der Waals surface area contributed by atoms with E-state index in [0.29, 0.717) is 31.0 Å². The van der Waals surface area contributed by atoms with Crippen molar-refractivity contribution in [3.05, 3.63) is 83.4 Å². The van der Waals surface area contributed by atoms with Gasteiger partial charge in [0.25, 0.3) is 0 Å². The average molecular weight is 456 g/mol. The molecule has 0 saturated heterocycles. The molecule has 1 heterocycles. The number of hydrogen-bond acceptors (Lipinski definition) is 5. The van der Waals surface area contributed by atoms with Gasteiger partial charge in [0, 0.05) is 18.0 Å². The van der Waals surface area contributed by atoms with E-state index in [2.05, 4.69) is 22.6 Å². The van der Waals surface area contributed by atoms with Crippen LogP contribution in [0.1, 0.15) is 43.2 Å². The quantitative estimate of drug-likeness (QED) is 0.250. The highest BCUT2D eigenvalue weighted by Crippen LogP contribution is 2.41. The first-order chi connectivity index (χ1) is 16.0. The number of halogens is 2. The number of rotatable bonds is 7. The summed E-state index contributed by atoms with van der Waals surface area (Å²) in [7, 11) is 0. The molecule has 0 bridgehead atoms. The molecule has 1 aliphatic heterocycles. The van der Waals surface area contributed by atoms with Gasteiger partial charge in [-0.25, -0.2) is 19.1 Å². The van der Waals surface area contributed by atoms with Crippen molar-refractivity contribution in [3.63, 3.8) is 0 Å². The summed E-state index contributed by atoms with van der Waals surface area (Å²) in [6, 6.07) is 11.3. The van der Waals surface area contributed by atoms with Gasteiger partial charge in [-0.2, -0.15) is 5.01 Å². The Morgan fingerprint density at radius 2 is 2.03 bits per heavy atom. The summed E-state index contributed by atoms with van der Waals surface area (Å²) in [5.74, 6) is -1.65. The molecule has 0 saturated carbocycles. The number of urea groups is 1. The van der Waals surface area contributed by atoms with Crippen molar-refractivity contribution in [1.82, 2.24) is 15.8 Å². The molecule has 4 rings (SSSR count). The minimum atomic E-state index is -1.45. The van der Waals surface area contributed by atoms with E-state index in [4.69, 9.17) is 4.74 Å². The van der Waals surface area contributed by atoms with Crippen LogP contribution in [0.5, 0.6) is 0 Å². The van der Waals surface area contributed by atoms with Crippen LogP contribution < -0.4 is 10.8 Å². The van der Waals surface area contributed by atoms with Crippen LogP contribution in [-0.2, 0) is 10.5 Å². The molecule has 2 atom stereocenters. The Kier molecular flexibility index (Phi) is 7.00. The lowest BCUT2D eigenvalue weighted by molar-refractivity contribution is -0.0585. The number of ether oxygens (including phenoxy) is 1. The molecule has 2 aromatic rings. The number of amides is 2. The first-order valence-corrected chi connectivity index (χ1v) is 10.9. The zero-order valence-corrected chi connectivity index (χ0v) is 18.0. The second-order valence-electron chi connectivity index (χ2n) is 8.05. The van der Waals surface area contributed by atoms with Crippen molar-refractivity contribution in [2.45, 2.75) is 43.9 Å². The molecule has 33 heavy (non-hydrogen) atoms. The van der Waals surface area contributed by atoms with Crippen LogP contribution in [0.25, 0.3) is 0 Å². The third kappa shape index (κ3) is 4.89. The van der Waals surface area contributed by atoms with E-state index in [1.165, 1.54) is 0 Å². The molecule has 0 radical (unpaired) electrons. The maximum atomic E-state index is 14.5. The Bertz CT molecular complexity index is 1050. The molecule has 9 heteroatoms. The van der Waals surface area contributed by atoms with Crippen molar-refractivity contribution < 1.29 is 23.5 Å². The van der Waals surface area contributed by atoms with Gasteiger partial charge in [0.2, 0.25) is 11.6 Å². The van der Waals surface area contributed by atoms with Gasteiger partial charge in [-0.05, 0) is 50.4 Å². The molecule has 2 unspecified atom stereocenters. The van der Waals surface area contributed by atoms with Gasteiger partial charge in [0.15, 0.2) is 0 Å². The van der Waals surface area contributed by atoms with E-state index in [1.807, 2.05) is 6.07 Å². The highest BCUT2D eigenvalue weighted by Gasteiger charge is 2.50. The molecular formula is C24H26F2N4O3. The van der Waals surface area contributed by atoms with Crippen molar-refractivity contribution in [2.75, 3.05) is 6.54 Å². The molecule has 2 amide bonds. The number of carbonyl (C=O) groups is 1. The Balaban J connectivity index is 1.63. The largest absolute Gasteiger partial charge is 0.443 e. The van der Waals surface area contributed by atoms with Gasteiger partial charge in [-0.3, -0.25) is 5.21 Å². The second-order valence-corrected chi connectivity index (χ2v) is 8.05. The fourth-order valence-corrected chi connectivity index (χ4v) is 4.22. The Labute approximate surface area is 190 Å². The maximum absolute atomic E-state index is 14.5. The van der Waals surface area contributed by atoms with E-state index >= 15 is 0 Å². The molecule has 1 aliphatic carbocycles. The summed E-state index contributed by atoms with van der Waals surface area (Å²) in [4.78, 5) is 12.6. The number of nitrogens with zero attached hydrogens (tertiary/aromatic N) is 2. The summed E-state index contributed by atoms with van der Waals surface area (Å²) < 4.78 is 34.5. The third-order valence-corrected chi connectivity index (χ3v) is 5.86. The molecular weight excluding hydrogens is 430 g/mol. The highest BCUT2D eigenvalue weighted by molar-refractivity contribution is 5.97. The fourth-order valence-electron chi connectivity index (χ4n) is 4.22. The van der Waals surface area contributed by atoms with E-state index in [-0.39, 0.29) is 11.5 Å². The van der Waals surface area contributed by atoms with Crippen LogP contribution in [0.2, 0.25) is 0 Å². The summed E-state index contributed by atoms with van der Waals surface area (Å²) in [6.45, 7) is 0.661. The van der Waals surface area contributed by atoms with Crippen molar-refractivity contribution in [3.8, 4) is 0 Å². The van der Waals surface area contributed by atoms with Gasteiger partial charge in [0.05, 0.1) is 5.56 Å². The van der Waals surface area contributed by atoms with Crippen LogP contribution in [0.3, 0.4) is 0 Å². The van der Waals surface area contributed by atoms with Gasteiger partial charge in [0.1, 0.15) is 11.6 Å². The van der Waals surface area contributed by atoms with Crippen LogP contribution in [0, 0.1) is 11.6 Å². The summed E-state index contributed by atoms with van der Waals surface area (Å²) in [6.07, 6.45) is 8.28. The zero-order valence-electron chi connectivity index (χ0n) is 18.0. The molecule has 7 nitrogen and oxygen atoms in total. The van der Waals surface area contributed by atoms with Crippen molar-refractivity contribution >= 4 is 11.9 Å². The van der Waals surface area contributed by atoms with Crippen molar-refractivity contribution in [1.29, 1.82) is 0 Å². The molecule has 2 aliphatic rings. The Morgan fingerprint density at radius 3 is 2.76 bits per heavy atom. The predicted molar refractivity (Wildman–Crippen MR) is 118 cm³/mol. The van der Waals surface area contributed by atoms with Gasteiger partial charge in [-0.15, -0.1) is 5.10 Å². The zero-order chi connectivity index (χ0) is 23.3. The number of carbonyl (C=O) groups excluding carboxylic acids is 1. The summed E-state index contributed by atoms with van der Waals surface area (Å²) >= 11 is 0. The van der Waals surface area contributed by atoms with Gasteiger partial charge < -0.3 is 10.1 Å². The molecule has 174 valence electrons. The monoisotopic (exact) mass is 456 g/mol. The average Bonchev–Trinajstić information content (AvgIpc) is 3.24. The molecule has 0 fully saturated rings. The fraction of sp³-hybridized carbons (Fsp3) is 0.333. The summed E-state index contributed by atoms with van der Waals surface area (Å²) in [5, 5.41) is 18.0. The molecule has 3 N–H and O–H groups in total. The Morgan fingerprint density at radius 1 is 1.21 bits per heavy atom. The van der Waals surface area contributed by atoms with Crippen LogP contribution in [0.4, 0.5) is 13.6 Å². The summed E-state index contributed by atoms with van der Waals surface area (Å²) in [5.41, 5.74) is 0.508. The van der Waals surface area contributed by atoms with Crippen LogP contribution in [0.15, 0.2) is 65.8 Å². The predicted octanol–water partition coefficient (Wildman–Crippen LogP) is 4.39.